The number of ether oxygens (including phenoxy) is 1. The molecule has 27 heavy (non-hydrogen) atoms. The van der Waals surface area contributed by atoms with Crippen LogP contribution in [-0.2, 0) is 4.79 Å². The number of rotatable bonds is 6. The molecule has 3 rings (SSSR count). The summed E-state index contributed by atoms with van der Waals surface area (Å²) in [5, 5.41) is 3.67. The third kappa shape index (κ3) is 6.18. The minimum Gasteiger partial charge on any atom is -0.482 e. The molecule has 138 valence electrons. The van der Waals surface area contributed by atoms with Crippen molar-refractivity contribution in [2.45, 2.75) is 9.79 Å². The van der Waals surface area contributed by atoms with Gasteiger partial charge in [-0.25, -0.2) is 0 Å². The molecule has 0 spiro atoms. The van der Waals surface area contributed by atoms with Crippen LogP contribution >= 0.6 is 50.9 Å². The highest BCUT2D eigenvalue weighted by molar-refractivity contribution is 9.10. The van der Waals surface area contributed by atoms with Gasteiger partial charge < -0.3 is 10.1 Å². The zero-order valence-electron chi connectivity index (χ0n) is 13.9. The fourth-order valence-electron chi connectivity index (χ4n) is 2.18. The molecule has 3 aromatic carbocycles. The van der Waals surface area contributed by atoms with Gasteiger partial charge in [0.05, 0.1) is 5.02 Å². The van der Waals surface area contributed by atoms with Gasteiger partial charge in [-0.15, -0.1) is 0 Å². The van der Waals surface area contributed by atoms with Gasteiger partial charge in [-0.3, -0.25) is 4.79 Å². The molecule has 0 bridgehead atoms. The van der Waals surface area contributed by atoms with Crippen molar-refractivity contribution in [2.75, 3.05) is 11.9 Å². The minimum atomic E-state index is -0.269. The number of anilines is 1. The van der Waals surface area contributed by atoms with E-state index in [2.05, 4.69) is 21.2 Å². The Morgan fingerprint density at radius 3 is 2.22 bits per heavy atom. The van der Waals surface area contributed by atoms with Gasteiger partial charge in [0.15, 0.2) is 6.61 Å². The van der Waals surface area contributed by atoms with Crippen LogP contribution in [0.15, 0.2) is 81.0 Å². The quantitative estimate of drug-likeness (QED) is 0.414. The molecule has 0 aromatic heterocycles. The first-order chi connectivity index (χ1) is 13.0. The lowest BCUT2D eigenvalue weighted by Crippen LogP contribution is -2.20. The van der Waals surface area contributed by atoms with E-state index >= 15 is 0 Å². The molecule has 7 heteroatoms. The molecule has 3 aromatic rings. The van der Waals surface area contributed by atoms with E-state index in [1.165, 1.54) is 0 Å². The molecule has 0 atom stereocenters. The fraction of sp³-hybridized carbons (Fsp3) is 0.0500. The largest absolute Gasteiger partial charge is 0.482 e. The summed E-state index contributed by atoms with van der Waals surface area (Å²) in [6, 6.07) is 20.6. The minimum absolute atomic E-state index is 0.142. The van der Waals surface area contributed by atoms with Crippen LogP contribution in [0, 0.1) is 0 Å². The maximum absolute atomic E-state index is 12.1. The third-order valence-electron chi connectivity index (χ3n) is 3.44. The van der Waals surface area contributed by atoms with Crippen LogP contribution in [0.1, 0.15) is 0 Å². The van der Waals surface area contributed by atoms with Crippen molar-refractivity contribution < 1.29 is 9.53 Å². The van der Waals surface area contributed by atoms with Crippen LogP contribution in [0.3, 0.4) is 0 Å². The molecule has 0 unspecified atom stereocenters. The smallest absolute Gasteiger partial charge is 0.262 e. The summed E-state index contributed by atoms with van der Waals surface area (Å²) in [5.41, 5.74) is 0.700. The number of benzene rings is 3. The second-order valence-corrected chi connectivity index (χ2v) is 8.40. The Kier molecular flexibility index (Phi) is 7.07. The third-order valence-corrected chi connectivity index (χ3v) is 5.51. The van der Waals surface area contributed by atoms with Crippen LogP contribution < -0.4 is 10.1 Å². The van der Waals surface area contributed by atoms with E-state index in [9.17, 15) is 4.79 Å². The molecule has 0 aliphatic rings. The van der Waals surface area contributed by atoms with E-state index in [4.69, 9.17) is 27.9 Å². The van der Waals surface area contributed by atoms with Gasteiger partial charge in [0.1, 0.15) is 5.75 Å². The average Bonchev–Trinajstić information content (AvgIpc) is 2.64. The summed E-state index contributed by atoms with van der Waals surface area (Å²) in [6.45, 7) is -0.142. The van der Waals surface area contributed by atoms with E-state index in [0.717, 1.165) is 14.3 Å². The zero-order chi connectivity index (χ0) is 19.2. The Morgan fingerprint density at radius 1 is 0.963 bits per heavy atom. The Balaban J connectivity index is 1.52. The SMILES string of the molecule is O=C(COc1ccc(Cl)cc1Cl)Nc1ccc(Sc2ccc(Br)cc2)cc1. The number of carbonyl (C=O) groups excluding carboxylic acids is 1. The highest BCUT2D eigenvalue weighted by Gasteiger charge is 2.07. The van der Waals surface area contributed by atoms with Gasteiger partial charge in [-0.2, -0.15) is 0 Å². The van der Waals surface area contributed by atoms with E-state index < -0.39 is 0 Å². The second-order valence-electron chi connectivity index (χ2n) is 5.49. The topological polar surface area (TPSA) is 38.3 Å². The summed E-state index contributed by atoms with van der Waals surface area (Å²) in [7, 11) is 0. The predicted molar refractivity (Wildman–Crippen MR) is 115 cm³/mol. The van der Waals surface area contributed by atoms with Crippen LogP contribution in [-0.4, -0.2) is 12.5 Å². The Hall–Kier alpha value is -1.66. The van der Waals surface area contributed by atoms with Crippen molar-refractivity contribution in [3.05, 3.63) is 81.2 Å². The van der Waals surface area contributed by atoms with Gasteiger partial charge in [0, 0.05) is 25.0 Å². The number of hydrogen-bond donors (Lipinski definition) is 1. The first kappa shape index (κ1) is 20.1. The summed E-state index contributed by atoms with van der Waals surface area (Å²) < 4.78 is 6.48. The van der Waals surface area contributed by atoms with Crippen molar-refractivity contribution in [3.63, 3.8) is 0 Å². The number of carbonyl (C=O) groups is 1. The molecule has 0 saturated carbocycles. The summed E-state index contributed by atoms with van der Waals surface area (Å²) in [5.74, 6) is 0.145. The number of amides is 1. The van der Waals surface area contributed by atoms with Crippen molar-refractivity contribution in [1.29, 1.82) is 0 Å². The molecule has 0 aliphatic carbocycles. The van der Waals surface area contributed by atoms with E-state index in [0.29, 0.717) is 21.5 Å². The highest BCUT2D eigenvalue weighted by atomic mass is 79.9. The van der Waals surface area contributed by atoms with Gasteiger partial charge in [-0.05, 0) is 66.7 Å². The number of halogens is 3. The molecular formula is C20H14BrCl2NO2S. The lowest BCUT2D eigenvalue weighted by Gasteiger charge is -2.09. The van der Waals surface area contributed by atoms with Gasteiger partial charge in [0.25, 0.3) is 5.91 Å². The molecule has 0 aliphatic heterocycles. The van der Waals surface area contributed by atoms with Crippen LogP contribution in [0.5, 0.6) is 5.75 Å². The van der Waals surface area contributed by atoms with Gasteiger partial charge in [-0.1, -0.05) is 50.9 Å². The maximum Gasteiger partial charge on any atom is 0.262 e. The molecule has 3 nitrogen and oxygen atoms in total. The molecule has 0 saturated heterocycles. The summed E-state index contributed by atoms with van der Waals surface area (Å²) in [4.78, 5) is 14.3. The predicted octanol–water partition coefficient (Wildman–Crippen LogP) is 6.92. The standard InChI is InChI=1S/C20H14BrCl2NO2S/c21-13-1-6-16(7-2-13)27-17-8-4-15(5-9-17)24-20(25)12-26-19-10-3-14(22)11-18(19)23/h1-11H,12H2,(H,24,25). The molecule has 1 amide bonds. The van der Waals surface area contributed by atoms with Crippen molar-refractivity contribution in [3.8, 4) is 5.75 Å². The maximum atomic E-state index is 12.1. The first-order valence-corrected chi connectivity index (χ1v) is 10.3. The number of nitrogens with one attached hydrogen (secondary N) is 1. The highest BCUT2D eigenvalue weighted by Crippen LogP contribution is 2.30. The van der Waals surface area contributed by atoms with Crippen molar-refractivity contribution in [1.82, 2.24) is 0 Å². The molecule has 0 heterocycles. The average molecular weight is 483 g/mol. The van der Waals surface area contributed by atoms with Crippen LogP contribution in [0.4, 0.5) is 5.69 Å². The second kappa shape index (κ2) is 9.51. The molecule has 0 fully saturated rings. The van der Waals surface area contributed by atoms with E-state index in [-0.39, 0.29) is 12.5 Å². The molecule has 1 N–H and O–H groups in total. The summed E-state index contributed by atoms with van der Waals surface area (Å²) in [6.07, 6.45) is 0. The fourth-order valence-corrected chi connectivity index (χ4v) is 3.72. The van der Waals surface area contributed by atoms with Crippen LogP contribution in [0.2, 0.25) is 10.0 Å². The number of hydrogen-bond acceptors (Lipinski definition) is 3. The monoisotopic (exact) mass is 481 g/mol. The van der Waals surface area contributed by atoms with Crippen molar-refractivity contribution >= 4 is 62.5 Å². The Bertz CT molecular complexity index is 934. The van der Waals surface area contributed by atoms with Gasteiger partial charge in [0.2, 0.25) is 0 Å². The Labute approximate surface area is 180 Å². The van der Waals surface area contributed by atoms with Crippen molar-refractivity contribution in [2.24, 2.45) is 0 Å². The molecule has 0 radical (unpaired) electrons. The summed E-state index contributed by atoms with van der Waals surface area (Å²) >= 11 is 16.9. The normalized spacial score (nSPS) is 10.5. The van der Waals surface area contributed by atoms with E-state index in [1.807, 2.05) is 48.5 Å². The first-order valence-electron chi connectivity index (χ1n) is 7.91. The Morgan fingerprint density at radius 2 is 1.59 bits per heavy atom. The lowest BCUT2D eigenvalue weighted by molar-refractivity contribution is -0.118. The van der Waals surface area contributed by atoms with Crippen LogP contribution in [0.25, 0.3) is 0 Å². The lowest BCUT2D eigenvalue weighted by atomic mass is 10.3. The van der Waals surface area contributed by atoms with E-state index in [1.54, 1.807) is 30.0 Å². The zero-order valence-corrected chi connectivity index (χ0v) is 17.8. The molecular weight excluding hydrogens is 469 g/mol. The van der Waals surface area contributed by atoms with Gasteiger partial charge >= 0.3 is 0 Å².